The second-order valence-corrected chi connectivity index (χ2v) is 8.01. The lowest BCUT2D eigenvalue weighted by atomic mass is 9.52. The first-order valence-electron chi connectivity index (χ1n) is 9.08. The van der Waals surface area contributed by atoms with E-state index in [0.29, 0.717) is 24.8 Å². The molecule has 0 amide bonds. The van der Waals surface area contributed by atoms with E-state index in [-0.39, 0.29) is 23.9 Å². The second kappa shape index (κ2) is 6.45. The summed E-state index contributed by atoms with van der Waals surface area (Å²) in [6.45, 7) is 10.2. The molecule has 0 radical (unpaired) electrons. The molecule has 0 saturated heterocycles. The third-order valence-electron chi connectivity index (χ3n) is 6.43. The Morgan fingerprint density at radius 2 is 2.00 bits per heavy atom. The Morgan fingerprint density at radius 1 is 1.32 bits per heavy atom. The van der Waals surface area contributed by atoms with Crippen LogP contribution >= 0.6 is 0 Å². The minimum Gasteiger partial charge on any atom is -0.458 e. The molecule has 0 heterocycles. The lowest BCUT2D eigenvalue weighted by Gasteiger charge is -2.58. The predicted octanol–water partition coefficient (Wildman–Crippen LogP) is 4.53. The number of benzene rings is 1. The van der Waals surface area contributed by atoms with Gasteiger partial charge in [-0.25, -0.2) is 4.79 Å². The topological polar surface area (TPSA) is 46.5 Å². The van der Waals surface area contributed by atoms with Crippen LogP contribution in [0.4, 0.5) is 0 Å². The van der Waals surface area contributed by atoms with Crippen LogP contribution < -0.4 is 0 Å². The summed E-state index contributed by atoms with van der Waals surface area (Å²) in [6.07, 6.45) is 5.95. The van der Waals surface area contributed by atoms with Crippen LogP contribution in [0.5, 0.6) is 0 Å². The van der Waals surface area contributed by atoms with Crippen LogP contribution in [0.2, 0.25) is 0 Å². The summed E-state index contributed by atoms with van der Waals surface area (Å²) in [4.78, 5) is 12.6. The van der Waals surface area contributed by atoms with Gasteiger partial charge in [-0.2, -0.15) is 0 Å². The smallest absolute Gasteiger partial charge is 0.338 e. The van der Waals surface area contributed by atoms with Crippen LogP contribution in [0.1, 0.15) is 50.4 Å². The largest absolute Gasteiger partial charge is 0.458 e. The third-order valence-corrected chi connectivity index (χ3v) is 6.43. The van der Waals surface area contributed by atoms with E-state index in [4.69, 9.17) is 4.74 Å². The van der Waals surface area contributed by atoms with Crippen molar-refractivity contribution in [1.29, 1.82) is 0 Å². The first-order chi connectivity index (χ1) is 11.8. The second-order valence-electron chi connectivity index (χ2n) is 8.01. The molecule has 5 atom stereocenters. The maximum atomic E-state index is 12.6. The van der Waals surface area contributed by atoms with Gasteiger partial charge in [0.2, 0.25) is 0 Å². The fraction of sp³-hybridized carbons (Fsp3) is 0.500. The number of aliphatic hydroxyl groups is 1. The predicted molar refractivity (Wildman–Crippen MR) is 99.2 cm³/mol. The number of allylic oxidation sites excluding steroid dienone is 2. The normalized spacial score (nSPS) is 37.2. The Morgan fingerprint density at radius 3 is 2.64 bits per heavy atom. The SMILES string of the molecule is C=C(C)[C@@H]1C[C@H](OC(=O)c2ccccc2)[C@]2(C)CC=C[C@@H](C)[C@]2(O)C1. The van der Waals surface area contributed by atoms with Crippen molar-refractivity contribution in [3.8, 4) is 0 Å². The van der Waals surface area contributed by atoms with Crippen molar-refractivity contribution in [2.75, 3.05) is 0 Å². The van der Waals surface area contributed by atoms with E-state index in [1.807, 2.05) is 32.0 Å². The average Bonchev–Trinajstić information content (AvgIpc) is 2.58. The zero-order valence-electron chi connectivity index (χ0n) is 15.4. The minimum absolute atomic E-state index is 0.0197. The van der Waals surface area contributed by atoms with Gasteiger partial charge in [0.1, 0.15) is 6.10 Å². The molecule has 0 spiro atoms. The molecule has 0 aromatic heterocycles. The summed E-state index contributed by atoms with van der Waals surface area (Å²) >= 11 is 0. The van der Waals surface area contributed by atoms with Crippen LogP contribution in [-0.4, -0.2) is 22.8 Å². The number of rotatable bonds is 3. The molecule has 0 unspecified atom stereocenters. The van der Waals surface area contributed by atoms with E-state index >= 15 is 0 Å². The number of hydrogen-bond donors (Lipinski definition) is 1. The van der Waals surface area contributed by atoms with Crippen LogP contribution in [0, 0.1) is 17.3 Å². The number of ether oxygens (including phenoxy) is 1. The number of fused-ring (bicyclic) bond motifs is 1. The molecule has 1 fully saturated rings. The molecule has 2 aliphatic rings. The summed E-state index contributed by atoms with van der Waals surface area (Å²) < 4.78 is 5.97. The molecule has 1 aromatic rings. The fourth-order valence-corrected chi connectivity index (χ4v) is 4.50. The van der Waals surface area contributed by atoms with Crippen molar-refractivity contribution in [2.24, 2.45) is 17.3 Å². The van der Waals surface area contributed by atoms with E-state index in [9.17, 15) is 9.90 Å². The molecule has 3 rings (SSSR count). The summed E-state index contributed by atoms with van der Waals surface area (Å²) in [5.74, 6) is -0.148. The molecule has 0 bridgehead atoms. The van der Waals surface area contributed by atoms with Crippen molar-refractivity contribution in [2.45, 2.75) is 51.7 Å². The van der Waals surface area contributed by atoms with Crippen molar-refractivity contribution < 1.29 is 14.6 Å². The van der Waals surface area contributed by atoms with Gasteiger partial charge in [-0.3, -0.25) is 0 Å². The Kier molecular flexibility index (Phi) is 4.63. The van der Waals surface area contributed by atoms with E-state index in [1.165, 1.54) is 0 Å². The van der Waals surface area contributed by atoms with Gasteiger partial charge in [0, 0.05) is 11.3 Å². The quantitative estimate of drug-likeness (QED) is 0.649. The number of carbonyl (C=O) groups is 1. The minimum atomic E-state index is -0.898. The standard InChI is InChI=1S/C22H28O3/c1-15(2)18-13-19(25-20(23)17-10-6-5-7-11-17)21(4)12-8-9-16(3)22(21,24)14-18/h5-11,16,18-19,24H,1,12-14H2,2-4H3/t16-,18-,19+,21+,22-/m1/s1. The van der Waals surface area contributed by atoms with Crippen LogP contribution in [0.25, 0.3) is 0 Å². The van der Waals surface area contributed by atoms with E-state index in [2.05, 4.69) is 25.7 Å². The monoisotopic (exact) mass is 340 g/mol. The lowest BCUT2D eigenvalue weighted by Crippen LogP contribution is -2.63. The molecule has 1 saturated carbocycles. The summed E-state index contributed by atoms with van der Waals surface area (Å²) in [5.41, 5.74) is 0.201. The molecule has 134 valence electrons. The van der Waals surface area contributed by atoms with Gasteiger partial charge in [0.15, 0.2) is 0 Å². The molecule has 1 aromatic carbocycles. The molecule has 0 aliphatic heterocycles. The molecule has 2 aliphatic carbocycles. The lowest BCUT2D eigenvalue weighted by molar-refractivity contribution is -0.195. The molecular weight excluding hydrogens is 312 g/mol. The van der Waals surface area contributed by atoms with Crippen LogP contribution in [-0.2, 0) is 4.74 Å². The Bertz CT molecular complexity index is 692. The first kappa shape index (κ1) is 17.9. The maximum absolute atomic E-state index is 12.6. The van der Waals surface area contributed by atoms with Gasteiger partial charge >= 0.3 is 5.97 Å². The van der Waals surface area contributed by atoms with E-state index < -0.39 is 11.0 Å². The zero-order valence-corrected chi connectivity index (χ0v) is 15.4. The van der Waals surface area contributed by atoms with Crippen molar-refractivity contribution in [3.63, 3.8) is 0 Å². The van der Waals surface area contributed by atoms with Gasteiger partial charge < -0.3 is 9.84 Å². The number of carbonyl (C=O) groups excluding carboxylic acids is 1. The highest BCUT2D eigenvalue weighted by Gasteiger charge is 2.60. The highest BCUT2D eigenvalue weighted by atomic mass is 16.5. The molecular formula is C22H28O3. The summed E-state index contributed by atoms with van der Waals surface area (Å²) in [6, 6.07) is 9.07. The molecule has 3 nitrogen and oxygen atoms in total. The van der Waals surface area contributed by atoms with Gasteiger partial charge in [0.25, 0.3) is 0 Å². The summed E-state index contributed by atoms with van der Waals surface area (Å²) in [7, 11) is 0. The van der Waals surface area contributed by atoms with Crippen LogP contribution in [0.15, 0.2) is 54.6 Å². The van der Waals surface area contributed by atoms with Crippen molar-refractivity contribution in [1.82, 2.24) is 0 Å². The summed E-state index contributed by atoms with van der Waals surface area (Å²) in [5, 5.41) is 11.6. The molecule has 25 heavy (non-hydrogen) atoms. The van der Waals surface area contributed by atoms with E-state index in [0.717, 1.165) is 5.57 Å². The zero-order chi connectivity index (χ0) is 18.2. The number of hydrogen-bond acceptors (Lipinski definition) is 3. The Balaban J connectivity index is 1.94. The Labute approximate surface area is 150 Å². The molecule has 1 N–H and O–H groups in total. The van der Waals surface area contributed by atoms with Gasteiger partial charge in [-0.1, -0.05) is 56.4 Å². The number of esters is 1. The van der Waals surface area contributed by atoms with Gasteiger partial charge in [-0.15, -0.1) is 0 Å². The maximum Gasteiger partial charge on any atom is 0.338 e. The van der Waals surface area contributed by atoms with E-state index in [1.54, 1.807) is 12.1 Å². The highest BCUT2D eigenvalue weighted by Crippen LogP contribution is 2.56. The van der Waals surface area contributed by atoms with Crippen molar-refractivity contribution in [3.05, 3.63) is 60.2 Å². The highest BCUT2D eigenvalue weighted by molar-refractivity contribution is 5.89. The van der Waals surface area contributed by atoms with Crippen molar-refractivity contribution >= 4 is 5.97 Å². The fourth-order valence-electron chi connectivity index (χ4n) is 4.50. The first-order valence-corrected chi connectivity index (χ1v) is 9.08. The Hall–Kier alpha value is -1.87. The van der Waals surface area contributed by atoms with Gasteiger partial charge in [-0.05, 0) is 44.2 Å². The average molecular weight is 340 g/mol. The van der Waals surface area contributed by atoms with Crippen LogP contribution in [0.3, 0.4) is 0 Å². The third kappa shape index (κ3) is 2.95. The molecule has 3 heteroatoms. The van der Waals surface area contributed by atoms with Gasteiger partial charge in [0.05, 0.1) is 11.2 Å².